The fraction of sp³-hybridized carbons (Fsp3) is 0.526. The predicted molar refractivity (Wildman–Crippen MR) is 98.0 cm³/mol. The number of rotatable bonds is 6. The molecule has 142 valence electrons. The molecule has 1 atom stereocenters. The van der Waals surface area contributed by atoms with Crippen molar-refractivity contribution >= 4 is 17.7 Å². The van der Waals surface area contributed by atoms with Crippen molar-refractivity contribution in [1.82, 2.24) is 10.2 Å². The van der Waals surface area contributed by atoms with Gasteiger partial charge in [0.1, 0.15) is 11.8 Å². The van der Waals surface area contributed by atoms with E-state index in [2.05, 4.69) is 5.32 Å². The van der Waals surface area contributed by atoms with Crippen molar-refractivity contribution in [2.24, 2.45) is 17.6 Å². The first-order valence-electron chi connectivity index (χ1n) is 8.86. The third-order valence-corrected chi connectivity index (χ3v) is 4.78. The van der Waals surface area contributed by atoms with Crippen LogP contribution < -0.4 is 15.8 Å². The van der Waals surface area contributed by atoms with E-state index in [1.165, 1.54) is 0 Å². The van der Waals surface area contributed by atoms with E-state index >= 15 is 0 Å². The van der Waals surface area contributed by atoms with Gasteiger partial charge in [0.15, 0.2) is 5.78 Å². The summed E-state index contributed by atoms with van der Waals surface area (Å²) >= 11 is 0. The van der Waals surface area contributed by atoms with Crippen LogP contribution in [0.2, 0.25) is 0 Å². The Labute approximate surface area is 153 Å². The summed E-state index contributed by atoms with van der Waals surface area (Å²) < 4.78 is 5.11. The molecule has 1 aliphatic rings. The van der Waals surface area contributed by atoms with E-state index in [-0.39, 0.29) is 23.5 Å². The van der Waals surface area contributed by atoms with E-state index in [0.29, 0.717) is 37.2 Å². The maximum Gasteiger partial charge on any atom is 0.312 e. The molecule has 1 heterocycles. The lowest BCUT2D eigenvalue weighted by Gasteiger charge is -2.34. The Hall–Kier alpha value is -2.57. The summed E-state index contributed by atoms with van der Waals surface area (Å²) in [7, 11) is 1.58. The van der Waals surface area contributed by atoms with Crippen LogP contribution in [0.15, 0.2) is 24.3 Å². The monoisotopic (exact) mass is 361 g/mol. The largest absolute Gasteiger partial charge is 0.497 e. The summed E-state index contributed by atoms with van der Waals surface area (Å²) in [5.41, 5.74) is 5.83. The number of nitrogens with two attached hydrogens (primary N) is 1. The van der Waals surface area contributed by atoms with Gasteiger partial charge in [-0.05, 0) is 43.0 Å². The number of ether oxygens (including phenoxy) is 1. The zero-order valence-electron chi connectivity index (χ0n) is 15.5. The van der Waals surface area contributed by atoms with Gasteiger partial charge in [-0.1, -0.05) is 13.8 Å². The molecule has 0 aliphatic carbocycles. The van der Waals surface area contributed by atoms with E-state index in [1.807, 2.05) is 13.8 Å². The molecular weight excluding hydrogens is 334 g/mol. The van der Waals surface area contributed by atoms with Crippen molar-refractivity contribution in [2.75, 3.05) is 20.2 Å². The van der Waals surface area contributed by atoms with Crippen LogP contribution in [0, 0.1) is 11.8 Å². The topological polar surface area (TPSA) is 102 Å². The van der Waals surface area contributed by atoms with E-state index in [4.69, 9.17) is 10.5 Å². The Balaban J connectivity index is 1.95. The van der Waals surface area contributed by atoms with Crippen molar-refractivity contribution in [3.63, 3.8) is 0 Å². The van der Waals surface area contributed by atoms with Gasteiger partial charge in [-0.2, -0.15) is 0 Å². The number of hydrogen-bond donors (Lipinski definition) is 2. The first-order valence-corrected chi connectivity index (χ1v) is 8.86. The minimum Gasteiger partial charge on any atom is -0.497 e. The predicted octanol–water partition coefficient (Wildman–Crippen LogP) is 1.81. The molecule has 1 aliphatic heterocycles. The van der Waals surface area contributed by atoms with Gasteiger partial charge in [0.25, 0.3) is 0 Å². The van der Waals surface area contributed by atoms with Gasteiger partial charge >= 0.3 is 6.03 Å². The number of likely N-dealkylation sites (tertiary alicyclic amines) is 1. The molecule has 1 fully saturated rings. The third kappa shape index (κ3) is 4.74. The van der Waals surface area contributed by atoms with Crippen LogP contribution in [-0.4, -0.2) is 48.9 Å². The summed E-state index contributed by atoms with van der Waals surface area (Å²) in [5.74, 6) is 0.496. The number of amides is 3. The second-order valence-electron chi connectivity index (χ2n) is 6.92. The maximum absolute atomic E-state index is 12.6. The molecule has 0 spiro atoms. The number of benzene rings is 1. The Kier molecular flexibility index (Phi) is 6.60. The summed E-state index contributed by atoms with van der Waals surface area (Å²) in [6.45, 7) is 4.71. The van der Waals surface area contributed by atoms with Crippen molar-refractivity contribution < 1.29 is 19.1 Å². The van der Waals surface area contributed by atoms with E-state index in [0.717, 1.165) is 0 Å². The molecule has 1 saturated heterocycles. The maximum atomic E-state index is 12.6. The lowest BCUT2D eigenvalue weighted by molar-refractivity contribution is -0.135. The fourth-order valence-corrected chi connectivity index (χ4v) is 3.22. The highest BCUT2D eigenvalue weighted by Gasteiger charge is 2.32. The fourth-order valence-electron chi connectivity index (χ4n) is 3.22. The number of urea groups is 1. The Morgan fingerprint density at radius 1 is 1.15 bits per heavy atom. The molecule has 3 amide bonds. The van der Waals surface area contributed by atoms with Crippen LogP contribution in [0.1, 0.15) is 37.0 Å². The minimum atomic E-state index is -0.707. The minimum absolute atomic E-state index is 0.0614. The van der Waals surface area contributed by atoms with Gasteiger partial charge in [-0.25, -0.2) is 4.79 Å². The molecule has 3 N–H and O–H groups in total. The van der Waals surface area contributed by atoms with Gasteiger partial charge in [0.05, 0.1) is 7.11 Å². The Morgan fingerprint density at radius 3 is 2.19 bits per heavy atom. The number of nitrogens with one attached hydrogen (secondary N) is 1. The number of piperidine rings is 1. The Bertz CT molecular complexity index is 649. The highest BCUT2D eigenvalue weighted by molar-refractivity contribution is 5.98. The van der Waals surface area contributed by atoms with Crippen molar-refractivity contribution in [1.29, 1.82) is 0 Å². The average molecular weight is 361 g/mol. The third-order valence-electron chi connectivity index (χ3n) is 4.78. The molecule has 26 heavy (non-hydrogen) atoms. The second-order valence-corrected chi connectivity index (χ2v) is 6.92. The molecule has 0 unspecified atom stereocenters. The molecule has 1 aromatic rings. The van der Waals surface area contributed by atoms with Crippen LogP contribution in [0.5, 0.6) is 5.75 Å². The number of Topliss-reactive ketones (excluding diaryl/α,β-unsaturated/α-hetero) is 1. The number of methoxy groups -OCH3 is 1. The Morgan fingerprint density at radius 2 is 1.73 bits per heavy atom. The van der Waals surface area contributed by atoms with Gasteiger partial charge in [-0.3, -0.25) is 9.59 Å². The lowest BCUT2D eigenvalue weighted by atomic mass is 9.88. The first-order chi connectivity index (χ1) is 12.3. The summed E-state index contributed by atoms with van der Waals surface area (Å²) in [4.78, 5) is 38.1. The highest BCUT2D eigenvalue weighted by atomic mass is 16.5. The van der Waals surface area contributed by atoms with Gasteiger partial charge in [0, 0.05) is 24.6 Å². The number of ketones is 1. The second kappa shape index (κ2) is 8.69. The van der Waals surface area contributed by atoms with Gasteiger partial charge < -0.3 is 20.7 Å². The molecule has 7 heteroatoms. The average Bonchev–Trinajstić information content (AvgIpc) is 2.65. The van der Waals surface area contributed by atoms with E-state index in [9.17, 15) is 14.4 Å². The summed E-state index contributed by atoms with van der Waals surface area (Å²) in [5, 5.41) is 2.52. The number of carbonyl (C=O) groups excluding carboxylic acids is 3. The van der Waals surface area contributed by atoms with Crippen LogP contribution in [0.3, 0.4) is 0 Å². The SMILES string of the molecule is COc1ccc(C(=O)C2CCN(C(=O)[C@@H](NC(N)=O)C(C)C)CC2)cc1. The number of nitrogens with zero attached hydrogens (tertiary/aromatic N) is 1. The van der Waals surface area contributed by atoms with Crippen molar-refractivity contribution in [3.05, 3.63) is 29.8 Å². The first kappa shape index (κ1) is 19.8. The smallest absolute Gasteiger partial charge is 0.312 e. The molecule has 0 bridgehead atoms. The molecule has 0 radical (unpaired) electrons. The standard InChI is InChI=1S/C19H27N3O4/c1-12(2)16(21-19(20)25)18(24)22-10-8-14(9-11-22)17(23)13-4-6-15(26-3)7-5-13/h4-7,12,14,16H,8-11H2,1-3H3,(H3,20,21,25)/t16-/m0/s1. The number of hydrogen-bond acceptors (Lipinski definition) is 4. The number of primary amides is 1. The van der Waals surface area contributed by atoms with Gasteiger partial charge in [0.2, 0.25) is 5.91 Å². The molecule has 0 aromatic heterocycles. The molecule has 1 aromatic carbocycles. The van der Waals surface area contributed by atoms with Crippen molar-refractivity contribution in [3.8, 4) is 5.75 Å². The van der Waals surface area contributed by atoms with E-state index in [1.54, 1.807) is 36.3 Å². The van der Waals surface area contributed by atoms with Crippen LogP contribution in [0.25, 0.3) is 0 Å². The summed E-state index contributed by atoms with van der Waals surface area (Å²) in [6, 6.07) is 5.74. The number of carbonyl (C=O) groups is 3. The zero-order valence-corrected chi connectivity index (χ0v) is 15.5. The molecule has 2 rings (SSSR count). The van der Waals surface area contributed by atoms with Crippen LogP contribution in [0.4, 0.5) is 4.79 Å². The van der Waals surface area contributed by atoms with Gasteiger partial charge in [-0.15, -0.1) is 0 Å². The molecule has 0 saturated carbocycles. The van der Waals surface area contributed by atoms with E-state index < -0.39 is 12.1 Å². The molecular formula is C19H27N3O4. The highest BCUT2D eigenvalue weighted by Crippen LogP contribution is 2.24. The quantitative estimate of drug-likeness (QED) is 0.754. The van der Waals surface area contributed by atoms with Crippen LogP contribution in [-0.2, 0) is 4.79 Å². The van der Waals surface area contributed by atoms with Crippen molar-refractivity contribution in [2.45, 2.75) is 32.7 Å². The lowest BCUT2D eigenvalue weighted by Crippen LogP contribution is -2.54. The molecule has 7 nitrogen and oxygen atoms in total. The zero-order chi connectivity index (χ0) is 19.3. The normalized spacial score (nSPS) is 16.2. The van der Waals surface area contributed by atoms with Crippen LogP contribution >= 0.6 is 0 Å². The summed E-state index contributed by atoms with van der Waals surface area (Å²) in [6.07, 6.45) is 1.22.